The van der Waals surface area contributed by atoms with Crippen molar-refractivity contribution in [2.45, 2.75) is 48.8 Å². The Bertz CT molecular complexity index is 1130. The SMILES string of the molecule is Cc1nc(N2CCC3(CC2)CO[C@@H](C)C3N)c2cncn2c1Sc1ccnc(N)c1Cl. The van der Waals surface area contributed by atoms with E-state index >= 15 is 0 Å². The van der Waals surface area contributed by atoms with Crippen LogP contribution in [-0.4, -0.2) is 51.2 Å². The maximum Gasteiger partial charge on any atom is 0.154 e. The Hall–Kier alpha value is -2.07. The topological polar surface area (TPSA) is 108 Å². The van der Waals surface area contributed by atoms with E-state index in [2.05, 4.69) is 26.2 Å². The Balaban J connectivity index is 1.45. The van der Waals surface area contributed by atoms with Gasteiger partial charge in [-0.1, -0.05) is 23.4 Å². The van der Waals surface area contributed by atoms with Gasteiger partial charge in [-0.2, -0.15) is 0 Å². The molecule has 2 atom stereocenters. The van der Waals surface area contributed by atoms with E-state index in [1.54, 1.807) is 6.20 Å². The summed E-state index contributed by atoms with van der Waals surface area (Å²) in [7, 11) is 0. The number of piperidine rings is 1. The van der Waals surface area contributed by atoms with Crippen LogP contribution in [0.5, 0.6) is 0 Å². The first kappa shape index (κ1) is 20.8. The first-order valence-electron chi connectivity index (χ1n) is 10.4. The molecule has 10 heteroatoms. The molecule has 164 valence electrons. The highest BCUT2D eigenvalue weighted by molar-refractivity contribution is 7.99. The summed E-state index contributed by atoms with van der Waals surface area (Å²) in [4.78, 5) is 16.6. The maximum absolute atomic E-state index is 6.49. The van der Waals surface area contributed by atoms with Gasteiger partial charge in [-0.25, -0.2) is 15.0 Å². The summed E-state index contributed by atoms with van der Waals surface area (Å²) in [5.74, 6) is 1.27. The third kappa shape index (κ3) is 3.44. The number of aromatic nitrogens is 4. The van der Waals surface area contributed by atoms with Crippen LogP contribution in [0.15, 0.2) is 34.7 Å². The van der Waals surface area contributed by atoms with Gasteiger partial charge in [0.2, 0.25) is 0 Å². The van der Waals surface area contributed by atoms with Crippen molar-refractivity contribution in [3.8, 4) is 0 Å². The molecule has 3 aromatic heterocycles. The fraction of sp³-hybridized carbons (Fsp3) is 0.476. The number of rotatable bonds is 3. The molecule has 2 saturated heterocycles. The Morgan fingerprint density at radius 3 is 2.81 bits per heavy atom. The minimum Gasteiger partial charge on any atom is -0.382 e. The van der Waals surface area contributed by atoms with Crippen molar-refractivity contribution in [2.24, 2.45) is 11.1 Å². The number of imidazole rings is 1. The number of hydrogen-bond donors (Lipinski definition) is 2. The molecule has 0 saturated carbocycles. The average molecular weight is 460 g/mol. The molecule has 2 aliphatic heterocycles. The predicted octanol–water partition coefficient (Wildman–Crippen LogP) is 3.15. The van der Waals surface area contributed by atoms with Gasteiger partial charge in [-0.15, -0.1) is 0 Å². The first-order chi connectivity index (χ1) is 14.9. The van der Waals surface area contributed by atoms with E-state index in [4.69, 9.17) is 32.8 Å². The lowest BCUT2D eigenvalue weighted by Crippen LogP contribution is -2.50. The van der Waals surface area contributed by atoms with E-state index in [-0.39, 0.29) is 17.6 Å². The van der Waals surface area contributed by atoms with E-state index < -0.39 is 0 Å². The fourth-order valence-electron chi connectivity index (χ4n) is 4.68. The van der Waals surface area contributed by atoms with E-state index in [0.717, 1.165) is 59.5 Å². The minimum atomic E-state index is 0.0787. The number of halogens is 1. The molecule has 31 heavy (non-hydrogen) atoms. The number of nitrogens with two attached hydrogens (primary N) is 2. The Morgan fingerprint density at radius 2 is 2.10 bits per heavy atom. The zero-order valence-electron chi connectivity index (χ0n) is 17.6. The highest BCUT2D eigenvalue weighted by atomic mass is 35.5. The van der Waals surface area contributed by atoms with Crippen LogP contribution < -0.4 is 16.4 Å². The van der Waals surface area contributed by atoms with Gasteiger partial charge in [0, 0.05) is 35.6 Å². The summed E-state index contributed by atoms with van der Waals surface area (Å²) in [5.41, 5.74) is 14.3. The molecule has 5 heterocycles. The van der Waals surface area contributed by atoms with Crippen LogP contribution in [0.4, 0.5) is 11.6 Å². The highest BCUT2D eigenvalue weighted by Gasteiger charge is 2.47. The summed E-state index contributed by atoms with van der Waals surface area (Å²) >= 11 is 7.89. The van der Waals surface area contributed by atoms with Crippen LogP contribution in [0.3, 0.4) is 0 Å². The fourth-order valence-corrected chi connectivity index (χ4v) is 5.87. The van der Waals surface area contributed by atoms with E-state index in [0.29, 0.717) is 10.8 Å². The molecule has 0 aromatic carbocycles. The van der Waals surface area contributed by atoms with Crippen molar-refractivity contribution in [1.82, 2.24) is 19.4 Å². The van der Waals surface area contributed by atoms with Gasteiger partial charge in [0.1, 0.15) is 22.7 Å². The average Bonchev–Trinajstić information content (AvgIpc) is 3.35. The quantitative estimate of drug-likeness (QED) is 0.615. The maximum atomic E-state index is 6.49. The number of aryl methyl sites for hydroxylation is 1. The highest BCUT2D eigenvalue weighted by Crippen LogP contribution is 2.43. The lowest BCUT2D eigenvalue weighted by atomic mass is 9.73. The summed E-state index contributed by atoms with van der Waals surface area (Å²) in [6, 6.07) is 1.95. The number of nitrogens with zero attached hydrogens (tertiary/aromatic N) is 5. The molecular weight excluding hydrogens is 434 g/mol. The molecule has 0 bridgehead atoms. The molecule has 2 aliphatic rings. The van der Waals surface area contributed by atoms with Crippen LogP contribution in [0.2, 0.25) is 5.02 Å². The second kappa shape index (κ2) is 7.81. The Morgan fingerprint density at radius 1 is 1.32 bits per heavy atom. The predicted molar refractivity (Wildman–Crippen MR) is 123 cm³/mol. The molecular formula is C21H26ClN7OS. The number of hydrogen-bond acceptors (Lipinski definition) is 8. The minimum absolute atomic E-state index is 0.0787. The van der Waals surface area contributed by atoms with Crippen molar-refractivity contribution < 1.29 is 4.74 Å². The van der Waals surface area contributed by atoms with Gasteiger partial charge in [-0.05, 0) is 32.8 Å². The molecule has 0 radical (unpaired) electrons. The van der Waals surface area contributed by atoms with Gasteiger partial charge in [0.05, 0.1) is 29.6 Å². The largest absolute Gasteiger partial charge is 0.382 e. The molecule has 4 N–H and O–H groups in total. The lowest BCUT2D eigenvalue weighted by molar-refractivity contribution is 0.0974. The third-order valence-electron chi connectivity index (χ3n) is 6.66. The molecule has 2 fully saturated rings. The van der Waals surface area contributed by atoms with Crippen LogP contribution in [-0.2, 0) is 4.74 Å². The van der Waals surface area contributed by atoms with E-state index in [1.165, 1.54) is 11.8 Å². The Kier molecular flexibility index (Phi) is 5.24. The van der Waals surface area contributed by atoms with Gasteiger partial charge in [0.15, 0.2) is 5.82 Å². The zero-order valence-corrected chi connectivity index (χ0v) is 19.2. The smallest absolute Gasteiger partial charge is 0.154 e. The summed E-state index contributed by atoms with van der Waals surface area (Å²) in [5, 5.41) is 1.41. The zero-order chi connectivity index (χ0) is 21.8. The summed E-state index contributed by atoms with van der Waals surface area (Å²) in [6.45, 7) is 6.64. The molecule has 3 aromatic rings. The molecule has 0 amide bonds. The molecule has 5 rings (SSSR count). The summed E-state index contributed by atoms with van der Waals surface area (Å²) in [6.07, 6.45) is 7.48. The Labute approximate surface area is 190 Å². The van der Waals surface area contributed by atoms with Crippen molar-refractivity contribution in [3.63, 3.8) is 0 Å². The number of nitrogen functional groups attached to an aromatic ring is 1. The monoisotopic (exact) mass is 459 g/mol. The van der Waals surface area contributed by atoms with Crippen molar-refractivity contribution >= 4 is 40.5 Å². The van der Waals surface area contributed by atoms with E-state index in [9.17, 15) is 0 Å². The van der Waals surface area contributed by atoms with Crippen molar-refractivity contribution in [1.29, 1.82) is 0 Å². The first-order valence-corrected chi connectivity index (χ1v) is 11.6. The van der Waals surface area contributed by atoms with Gasteiger partial charge >= 0.3 is 0 Å². The van der Waals surface area contributed by atoms with E-state index in [1.807, 2.05) is 25.5 Å². The second-order valence-corrected chi connectivity index (χ2v) is 9.89. The van der Waals surface area contributed by atoms with Crippen molar-refractivity contribution in [2.75, 3.05) is 30.3 Å². The van der Waals surface area contributed by atoms with Gasteiger partial charge in [-0.3, -0.25) is 4.40 Å². The number of fused-ring (bicyclic) bond motifs is 1. The van der Waals surface area contributed by atoms with Crippen LogP contribution in [0, 0.1) is 12.3 Å². The lowest BCUT2D eigenvalue weighted by Gasteiger charge is -2.41. The number of ether oxygens (including phenoxy) is 1. The van der Waals surface area contributed by atoms with Crippen molar-refractivity contribution in [3.05, 3.63) is 35.5 Å². The molecule has 0 aliphatic carbocycles. The van der Waals surface area contributed by atoms with Crippen LogP contribution >= 0.6 is 23.4 Å². The van der Waals surface area contributed by atoms with Gasteiger partial charge in [0.25, 0.3) is 0 Å². The number of pyridine rings is 1. The normalized spacial score (nSPS) is 23.2. The number of anilines is 2. The molecule has 1 unspecified atom stereocenters. The second-order valence-electron chi connectivity index (χ2n) is 8.48. The standard InChI is InChI=1S/C21H26ClN7OS/c1-12-20(31-15-3-6-26-18(24)16(15)22)29-11-25-9-14(29)19(27-12)28-7-4-21(5-8-28)10-30-13(2)17(21)23/h3,6,9,11,13,17H,4-5,7-8,10,23H2,1-2H3,(H2,24,26)/t13-,17?/m0/s1. The van der Waals surface area contributed by atoms with Gasteiger partial charge < -0.3 is 21.1 Å². The molecule has 1 spiro atoms. The van der Waals surface area contributed by atoms with Crippen LogP contribution in [0.1, 0.15) is 25.5 Å². The molecule has 8 nitrogen and oxygen atoms in total. The third-order valence-corrected chi connectivity index (χ3v) is 8.42. The summed E-state index contributed by atoms with van der Waals surface area (Å²) < 4.78 is 7.94. The van der Waals surface area contributed by atoms with Crippen LogP contribution in [0.25, 0.3) is 5.52 Å².